The number of hydrogen-bond donors (Lipinski definition) is 3. The lowest BCUT2D eigenvalue weighted by Crippen LogP contribution is -2.47. The number of aryl methyl sites for hydroxylation is 1. The number of aromatic nitrogens is 5. The van der Waals surface area contributed by atoms with Crippen LogP contribution in [0, 0.1) is 0 Å². The zero-order valence-electron chi connectivity index (χ0n) is 19.7. The molecule has 3 aromatic heterocycles. The van der Waals surface area contributed by atoms with Gasteiger partial charge in [-0.25, -0.2) is 4.98 Å². The van der Waals surface area contributed by atoms with Gasteiger partial charge in [0.05, 0.1) is 22.1 Å². The van der Waals surface area contributed by atoms with Crippen LogP contribution in [0.1, 0.15) is 12.8 Å². The van der Waals surface area contributed by atoms with E-state index >= 15 is 0 Å². The van der Waals surface area contributed by atoms with Gasteiger partial charge in [-0.1, -0.05) is 12.1 Å². The lowest BCUT2D eigenvalue weighted by molar-refractivity contribution is 0.479. The summed E-state index contributed by atoms with van der Waals surface area (Å²) in [6.07, 6.45) is 6.06. The summed E-state index contributed by atoms with van der Waals surface area (Å²) >= 11 is 1.53. The molecule has 2 aliphatic rings. The van der Waals surface area contributed by atoms with Crippen molar-refractivity contribution in [2.45, 2.75) is 18.9 Å². The summed E-state index contributed by atoms with van der Waals surface area (Å²) in [5.74, 6) is 1.23. The Hall–Kier alpha value is -3.44. The molecule has 0 amide bonds. The van der Waals surface area contributed by atoms with Crippen LogP contribution in [0.3, 0.4) is 0 Å². The molecule has 3 N–H and O–H groups in total. The van der Waals surface area contributed by atoms with Crippen molar-refractivity contribution in [3.8, 4) is 10.6 Å². The molecule has 10 nitrogen and oxygen atoms in total. The van der Waals surface area contributed by atoms with E-state index in [9.17, 15) is 4.79 Å². The fraction of sp³-hybridized carbons (Fsp3) is 0.417. The molecule has 0 radical (unpaired) electrons. The molecule has 182 valence electrons. The van der Waals surface area contributed by atoms with Gasteiger partial charge in [0.2, 0.25) is 5.95 Å². The first-order valence-corrected chi connectivity index (χ1v) is 12.9. The van der Waals surface area contributed by atoms with Crippen molar-refractivity contribution in [2.24, 2.45) is 7.05 Å². The van der Waals surface area contributed by atoms with E-state index < -0.39 is 0 Å². The predicted octanol–water partition coefficient (Wildman–Crippen LogP) is 2.27. The van der Waals surface area contributed by atoms with Crippen molar-refractivity contribution >= 4 is 39.0 Å². The van der Waals surface area contributed by atoms with Gasteiger partial charge in [-0.2, -0.15) is 10.1 Å². The van der Waals surface area contributed by atoms with Gasteiger partial charge in [-0.3, -0.25) is 14.5 Å². The second-order valence-corrected chi connectivity index (χ2v) is 10.2. The quantitative estimate of drug-likeness (QED) is 0.390. The van der Waals surface area contributed by atoms with Crippen LogP contribution >= 0.6 is 11.3 Å². The van der Waals surface area contributed by atoms with E-state index in [1.54, 1.807) is 0 Å². The highest BCUT2D eigenvalue weighted by atomic mass is 32.1. The fourth-order valence-corrected chi connectivity index (χ4v) is 5.82. The zero-order chi connectivity index (χ0) is 23.8. The number of fused-ring (bicyclic) bond motifs is 1. The first-order chi connectivity index (χ1) is 17.1. The molecule has 1 aromatic carbocycles. The lowest BCUT2D eigenvalue weighted by Gasteiger charge is -2.35. The third-order valence-electron chi connectivity index (χ3n) is 6.69. The zero-order valence-corrected chi connectivity index (χ0v) is 20.5. The number of piperidine rings is 1. The van der Waals surface area contributed by atoms with E-state index in [1.165, 1.54) is 11.3 Å². The fourth-order valence-electron chi connectivity index (χ4n) is 4.81. The van der Waals surface area contributed by atoms with Crippen LogP contribution in [0.2, 0.25) is 0 Å². The van der Waals surface area contributed by atoms with E-state index in [1.807, 2.05) is 48.4 Å². The maximum atomic E-state index is 13.5. The van der Waals surface area contributed by atoms with Gasteiger partial charge in [-0.05, 0) is 31.5 Å². The molecule has 0 saturated carbocycles. The molecule has 11 heteroatoms. The van der Waals surface area contributed by atoms with E-state index in [0.717, 1.165) is 68.0 Å². The molecule has 0 bridgehead atoms. The smallest absolute Gasteiger partial charge is 0.264 e. The topological polar surface area (TPSA) is 107 Å². The van der Waals surface area contributed by atoms with Crippen LogP contribution in [0.25, 0.3) is 20.8 Å². The number of anilines is 3. The number of hydrogen-bond acceptors (Lipinski definition) is 9. The normalized spacial score (nSPS) is 18.8. The Labute approximate surface area is 207 Å². The van der Waals surface area contributed by atoms with Crippen LogP contribution in [-0.4, -0.2) is 70.0 Å². The van der Waals surface area contributed by atoms with E-state index in [4.69, 9.17) is 9.97 Å². The van der Waals surface area contributed by atoms with Crippen molar-refractivity contribution in [1.82, 2.24) is 30.0 Å². The summed E-state index contributed by atoms with van der Waals surface area (Å²) in [5.41, 5.74) is 2.38. The summed E-state index contributed by atoms with van der Waals surface area (Å²) in [5, 5.41) is 12.0. The molecule has 6 rings (SSSR count). The third kappa shape index (κ3) is 4.48. The van der Waals surface area contributed by atoms with Gasteiger partial charge in [0.25, 0.3) is 5.56 Å². The number of para-hydroxylation sites is 1. The summed E-state index contributed by atoms with van der Waals surface area (Å²) in [4.78, 5) is 30.7. The molecule has 35 heavy (non-hydrogen) atoms. The number of thiazole rings is 1. The van der Waals surface area contributed by atoms with Gasteiger partial charge in [0, 0.05) is 52.0 Å². The summed E-state index contributed by atoms with van der Waals surface area (Å²) in [6.45, 7) is 5.09. The Balaban J connectivity index is 1.32. The Kier molecular flexibility index (Phi) is 5.86. The molecular weight excluding hydrogens is 462 g/mol. The number of piperazine rings is 1. The van der Waals surface area contributed by atoms with Crippen molar-refractivity contribution in [3.63, 3.8) is 0 Å². The van der Waals surface area contributed by atoms with Gasteiger partial charge in [0.15, 0.2) is 0 Å². The highest BCUT2D eigenvalue weighted by Gasteiger charge is 2.25. The lowest BCUT2D eigenvalue weighted by atomic mass is 10.1. The van der Waals surface area contributed by atoms with Crippen molar-refractivity contribution < 1.29 is 0 Å². The number of aromatic amines is 1. The molecule has 1 unspecified atom stereocenters. The Bertz CT molecular complexity index is 1350. The number of nitrogens with zero attached hydrogens (tertiary/aromatic N) is 6. The average molecular weight is 492 g/mol. The minimum Gasteiger partial charge on any atom is -0.365 e. The average Bonchev–Trinajstić information content (AvgIpc) is 3.50. The molecule has 0 aliphatic carbocycles. The SMILES string of the molecule is Cn1cc(N2CCN(c3nc(NC4CCCNC4)c(-c4nc5ccccc5s4)c(=O)[nH]3)CC2)cn1. The standard InChI is InChI=1S/C24H29N9OS/c1-31-15-17(14-26-31)32-9-11-33(12-10-32)24-29-21(27-16-5-4-8-25-13-16)20(22(34)30-24)23-28-18-6-2-3-7-19(18)35-23/h2-3,6-7,14-16,25H,4-5,8-13H2,1H3,(H2,27,29,30,34). The van der Waals surface area contributed by atoms with E-state index in [2.05, 4.69) is 30.5 Å². The van der Waals surface area contributed by atoms with E-state index in [-0.39, 0.29) is 11.6 Å². The van der Waals surface area contributed by atoms with E-state index in [0.29, 0.717) is 22.3 Å². The summed E-state index contributed by atoms with van der Waals surface area (Å²) in [7, 11) is 1.93. The monoisotopic (exact) mass is 491 g/mol. The second kappa shape index (κ2) is 9.31. The van der Waals surface area contributed by atoms with Gasteiger partial charge in [-0.15, -0.1) is 11.3 Å². The van der Waals surface area contributed by atoms with Crippen LogP contribution in [-0.2, 0) is 7.05 Å². The highest BCUT2D eigenvalue weighted by Crippen LogP contribution is 2.32. The third-order valence-corrected chi connectivity index (χ3v) is 7.74. The van der Waals surface area contributed by atoms with Gasteiger partial charge < -0.3 is 20.4 Å². The molecule has 2 aliphatic heterocycles. The van der Waals surface area contributed by atoms with Crippen LogP contribution < -0.4 is 26.0 Å². The number of H-pyrrole nitrogens is 1. The second-order valence-electron chi connectivity index (χ2n) is 9.13. The first kappa shape index (κ1) is 22.1. The molecule has 2 fully saturated rings. The molecule has 5 heterocycles. The minimum absolute atomic E-state index is 0.157. The minimum atomic E-state index is -0.157. The Morgan fingerprint density at radius 1 is 1.11 bits per heavy atom. The molecule has 2 saturated heterocycles. The largest absolute Gasteiger partial charge is 0.365 e. The van der Waals surface area contributed by atoms with Crippen molar-refractivity contribution in [3.05, 3.63) is 47.0 Å². The number of benzene rings is 1. The van der Waals surface area contributed by atoms with Crippen LogP contribution in [0.15, 0.2) is 41.5 Å². The molecular formula is C24H29N9OS. The Morgan fingerprint density at radius 2 is 1.94 bits per heavy atom. The van der Waals surface area contributed by atoms with Crippen LogP contribution in [0.4, 0.5) is 17.5 Å². The summed E-state index contributed by atoms with van der Waals surface area (Å²) < 4.78 is 2.88. The maximum Gasteiger partial charge on any atom is 0.264 e. The number of rotatable bonds is 5. The van der Waals surface area contributed by atoms with Crippen molar-refractivity contribution in [2.75, 3.05) is 54.4 Å². The van der Waals surface area contributed by atoms with Gasteiger partial charge >= 0.3 is 0 Å². The maximum absolute atomic E-state index is 13.5. The number of nitrogens with one attached hydrogen (secondary N) is 3. The Morgan fingerprint density at radius 3 is 2.69 bits per heavy atom. The van der Waals surface area contributed by atoms with Crippen LogP contribution in [0.5, 0.6) is 0 Å². The first-order valence-electron chi connectivity index (χ1n) is 12.1. The molecule has 4 aromatic rings. The molecule has 1 atom stereocenters. The summed E-state index contributed by atoms with van der Waals surface area (Å²) in [6, 6.07) is 8.20. The predicted molar refractivity (Wildman–Crippen MR) is 141 cm³/mol. The molecule has 0 spiro atoms. The van der Waals surface area contributed by atoms with Crippen molar-refractivity contribution in [1.29, 1.82) is 0 Å². The highest BCUT2D eigenvalue weighted by molar-refractivity contribution is 7.21. The van der Waals surface area contributed by atoms with Gasteiger partial charge in [0.1, 0.15) is 16.4 Å².